The van der Waals surface area contributed by atoms with Crippen LogP contribution in [0, 0.1) is 5.82 Å². The Labute approximate surface area is 161 Å². The van der Waals surface area contributed by atoms with E-state index in [9.17, 15) is 9.18 Å². The second-order valence-electron chi connectivity index (χ2n) is 6.92. The van der Waals surface area contributed by atoms with E-state index < -0.39 is 0 Å². The lowest BCUT2D eigenvalue weighted by atomic mass is 10.2. The number of carbonyl (C=O) groups is 1. The topological polar surface area (TPSA) is 50.6 Å². The van der Waals surface area contributed by atoms with Gasteiger partial charge in [-0.1, -0.05) is 12.1 Å². The number of aromatic nitrogens is 2. The maximum atomic E-state index is 13.1. The third-order valence-corrected chi connectivity index (χ3v) is 5.32. The van der Waals surface area contributed by atoms with Gasteiger partial charge in [-0.05, 0) is 36.4 Å². The van der Waals surface area contributed by atoms with Crippen molar-refractivity contribution in [2.24, 2.45) is 0 Å². The predicted octanol–water partition coefficient (Wildman–Crippen LogP) is 2.87. The fourth-order valence-corrected chi connectivity index (χ4v) is 3.79. The van der Waals surface area contributed by atoms with Gasteiger partial charge in [-0.15, -0.1) is 0 Å². The molecule has 2 aliphatic rings. The molecule has 1 amide bonds. The maximum Gasteiger partial charge on any atom is 0.274 e. The molecule has 5 rings (SSSR count). The van der Waals surface area contributed by atoms with Crippen molar-refractivity contribution in [3.05, 3.63) is 72.1 Å². The van der Waals surface area contributed by atoms with E-state index in [2.05, 4.69) is 9.88 Å². The molecule has 0 aliphatic carbocycles. The lowest BCUT2D eigenvalue weighted by Gasteiger charge is -2.36. The Morgan fingerprint density at radius 3 is 2.54 bits per heavy atom. The largest absolute Gasteiger partial charge is 0.485 e. The minimum absolute atomic E-state index is 0.0736. The lowest BCUT2D eigenvalue weighted by Crippen LogP contribution is -2.49. The number of amides is 1. The second kappa shape index (κ2) is 6.67. The number of para-hydroxylation sites is 2. The van der Waals surface area contributed by atoms with Gasteiger partial charge in [0.25, 0.3) is 5.91 Å². The molecule has 1 aromatic heterocycles. The fraction of sp³-hybridized carbons (Fsp3) is 0.238. The van der Waals surface area contributed by atoms with Crippen LogP contribution in [0.2, 0.25) is 0 Å². The second-order valence-corrected chi connectivity index (χ2v) is 6.92. The third-order valence-electron chi connectivity index (χ3n) is 5.32. The first kappa shape index (κ1) is 16.8. The van der Waals surface area contributed by atoms with E-state index in [4.69, 9.17) is 4.74 Å². The number of hydrogen-bond donors (Lipinski definition) is 0. The van der Waals surface area contributed by atoms with Crippen molar-refractivity contribution in [2.75, 3.05) is 31.1 Å². The zero-order chi connectivity index (χ0) is 19.1. The van der Waals surface area contributed by atoms with Gasteiger partial charge in [-0.3, -0.25) is 9.36 Å². The molecule has 2 aromatic carbocycles. The SMILES string of the molecule is O=C(c1ncn2c1COc1ccccc1-2)N1CCN(c2ccc(F)cc2)CC1. The summed E-state index contributed by atoms with van der Waals surface area (Å²) < 4.78 is 20.9. The summed E-state index contributed by atoms with van der Waals surface area (Å²) in [6.45, 7) is 2.92. The number of ether oxygens (including phenoxy) is 1. The van der Waals surface area contributed by atoms with Crippen LogP contribution in [0.5, 0.6) is 5.75 Å². The highest BCUT2D eigenvalue weighted by Crippen LogP contribution is 2.31. The minimum atomic E-state index is -0.245. The van der Waals surface area contributed by atoms with Crippen LogP contribution in [0.4, 0.5) is 10.1 Å². The Morgan fingerprint density at radius 2 is 1.75 bits per heavy atom. The summed E-state index contributed by atoms with van der Waals surface area (Å²) in [5.74, 6) is 0.473. The van der Waals surface area contributed by atoms with Crippen molar-refractivity contribution in [3.8, 4) is 11.4 Å². The number of benzene rings is 2. The fourth-order valence-electron chi connectivity index (χ4n) is 3.79. The molecule has 1 fully saturated rings. The molecule has 0 radical (unpaired) electrons. The molecule has 7 heteroatoms. The minimum Gasteiger partial charge on any atom is -0.485 e. The van der Waals surface area contributed by atoms with E-state index >= 15 is 0 Å². The molecule has 0 unspecified atom stereocenters. The van der Waals surface area contributed by atoms with E-state index in [-0.39, 0.29) is 11.7 Å². The van der Waals surface area contributed by atoms with Gasteiger partial charge in [0, 0.05) is 31.9 Å². The van der Waals surface area contributed by atoms with Crippen LogP contribution >= 0.6 is 0 Å². The molecular formula is C21H19FN4O2. The van der Waals surface area contributed by atoms with Gasteiger partial charge in [-0.25, -0.2) is 9.37 Å². The number of imidazole rings is 1. The van der Waals surface area contributed by atoms with Gasteiger partial charge < -0.3 is 14.5 Å². The summed E-state index contributed by atoms with van der Waals surface area (Å²) in [5, 5.41) is 0. The third kappa shape index (κ3) is 2.79. The van der Waals surface area contributed by atoms with Gasteiger partial charge in [0.05, 0.1) is 11.4 Å². The zero-order valence-corrected chi connectivity index (χ0v) is 15.2. The highest BCUT2D eigenvalue weighted by molar-refractivity contribution is 5.94. The molecule has 0 spiro atoms. The van der Waals surface area contributed by atoms with Crippen LogP contribution in [0.15, 0.2) is 54.9 Å². The van der Waals surface area contributed by atoms with E-state index in [0.717, 1.165) is 22.8 Å². The molecule has 1 saturated heterocycles. The number of halogens is 1. The van der Waals surface area contributed by atoms with E-state index in [0.29, 0.717) is 38.5 Å². The summed E-state index contributed by atoms with van der Waals surface area (Å²) in [4.78, 5) is 21.4. The van der Waals surface area contributed by atoms with Crippen LogP contribution in [0.25, 0.3) is 5.69 Å². The summed E-state index contributed by atoms with van der Waals surface area (Å²) in [6.07, 6.45) is 1.69. The molecule has 0 atom stereocenters. The van der Waals surface area contributed by atoms with Gasteiger partial charge in [-0.2, -0.15) is 0 Å². The summed E-state index contributed by atoms with van der Waals surface area (Å²) >= 11 is 0. The van der Waals surface area contributed by atoms with Gasteiger partial charge in [0.15, 0.2) is 5.69 Å². The molecule has 3 aromatic rings. The summed E-state index contributed by atoms with van der Waals surface area (Å²) in [7, 11) is 0. The highest BCUT2D eigenvalue weighted by atomic mass is 19.1. The first-order valence-corrected chi connectivity index (χ1v) is 9.29. The average molecular weight is 378 g/mol. The molecule has 6 nitrogen and oxygen atoms in total. The molecule has 3 heterocycles. The van der Waals surface area contributed by atoms with Crippen LogP contribution < -0.4 is 9.64 Å². The summed E-state index contributed by atoms with van der Waals surface area (Å²) in [6, 6.07) is 14.2. The Bertz CT molecular complexity index is 1020. The van der Waals surface area contributed by atoms with Crippen molar-refractivity contribution < 1.29 is 13.9 Å². The Balaban J connectivity index is 1.32. The van der Waals surface area contributed by atoms with E-state index in [1.807, 2.05) is 33.7 Å². The maximum absolute atomic E-state index is 13.1. The molecule has 2 aliphatic heterocycles. The number of fused-ring (bicyclic) bond motifs is 3. The Kier molecular flexibility index (Phi) is 4.00. The molecule has 0 saturated carbocycles. The molecule has 28 heavy (non-hydrogen) atoms. The van der Waals surface area contributed by atoms with Crippen LogP contribution in [0.3, 0.4) is 0 Å². The first-order valence-electron chi connectivity index (χ1n) is 9.29. The molecule has 142 valence electrons. The normalized spacial score (nSPS) is 15.6. The van der Waals surface area contributed by atoms with Crippen molar-refractivity contribution in [1.29, 1.82) is 0 Å². The number of carbonyl (C=O) groups excluding carboxylic acids is 1. The number of hydrogen-bond acceptors (Lipinski definition) is 4. The highest BCUT2D eigenvalue weighted by Gasteiger charge is 2.29. The smallest absolute Gasteiger partial charge is 0.274 e. The zero-order valence-electron chi connectivity index (χ0n) is 15.2. The van der Waals surface area contributed by atoms with Crippen molar-refractivity contribution in [2.45, 2.75) is 6.61 Å². The first-order chi connectivity index (χ1) is 13.7. The Hall–Kier alpha value is -3.35. The molecule has 0 N–H and O–H groups in total. The number of nitrogens with zero attached hydrogens (tertiary/aromatic N) is 4. The predicted molar refractivity (Wildman–Crippen MR) is 102 cm³/mol. The number of piperazine rings is 1. The standard InChI is InChI=1S/C21H19FN4O2/c22-15-5-7-16(8-6-15)24-9-11-25(12-10-24)21(27)20-18-13-28-19-4-2-1-3-17(19)26(18)14-23-20/h1-8,14H,9-13H2. The van der Waals surface area contributed by atoms with Gasteiger partial charge >= 0.3 is 0 Å². The molecule has 0 bridgehead atoms. The average Bonchev–Trinajstić information content (AvgIpc) is 3.18. The van der Waals surface area contributed by atoms with Crippen LogP contribution in [0.1, 0.15) is 16.2 Å². The summed E-state index contributed by atoms with van der Waals surface area (Å²) in [5.41, 5.74) is 3.10. The number of rotatable bonds is 2. The van der Waals surface area contributed by atoms with E-state index in [1.165, 1.54) is 12.1 Å². The van der Waals surface area contributed by atoms with Crippen LogP contribution in [-0.2, 0) is 6.61 Å². The van der Waals surface area contributed by atoms with Crippen molar-refractivity contribution >= 4 is 11.6 Å². The molecular weight excluding hydrogens is 359 g/mol. The van der Waals surface area contributed by atoms with Crippen molar-refractivity contribution in [1.82, 2.24) is 14.5 Å². The van der Waals surface area contributed by atoms with Gasteiger partial charge in [0.2, 0.25) is 0 Å². The number of anilines is 1. The quantitative estimate of drug-likeness (QED) is 0.688. The monoisotopic (exact) mass is 378 g/mol. The van der Waals surface area contributed by atoms with E-state index in [1.54, 1.807) is 18.5 Å². The lowest BCUT2D eigenvalue weighted by molar-refractivity contribution is 0.0738. The Morgan fingerprint density at radius 1 is 1.00 bits per heavy atom. The van der Waals surface area contributed by atoms with Gasteiger partial charge in [0.1, 0.15) is 24.5 Å². The van der Waals surface area contributed by atoms with Crippen LogP contribution in [-0.4, -0.2) is 46.5 Å². The van der Waals surface area contributed by atoms with Crippen molar-refractivity contribution in [3.63, 3.8) is 0 Å².